The first-order valence-electron chi connectivity index (χ1n) is 7.29. The van der Waals surface area contributed by atoms with Gasteiger partial charge in [-0.1, -0.05) is 18.2 Å². The summed E-state index contributed by atoms with van der Waals surface area (Å²) in [5.41, 5.74) is 4.86. The Balaban J connectivity index is 2.23. The topological polar surface area (TPSA) is 114 Å². The molecule has 1 aromatic rings. The second-order valence-electron chi connectivity index (χ2n) is 4.54. The molecule has 3 N–H and O–H groups in total. The maximum absolute atomic E-state index is 11.7. The Labute approximate surface area is 139 Å². The molecular formula is C16H19N3O5. The molecule has 0 saturated carbocycles. The molecule has 0 fully saturated rings. The number of hydrogen-bond acceptors (Lipinski definition) is 5. The van der Waals surface area contributed by atoms with Crippen LogP contribution >= 0.6 is 0 Å². The van der Waals surface area contributed by atoms with Crippen molar-refractivity contribution in [3.05, 3.63) is 42.5 Å². The van der Waals surface area contributed by atoms with Crippen LogP contribution in [0.3, 0.4) is 0 Å². The standard InChI is InChI=1S/C16H19N3O5/c1-2-24-16(23)11-10-15(22)19-18-14(21)9-8-13(20)17-12-6-4-3-5-7-12/h3-7,10-11H,2,8-9H2,1H3,(H,17,20)(H,18,21)(H,19,22)/b11-10-. The van der Waals surface area contributed by atoms with Crippen molar-refractivity contribution in [1.82, 2.24) is 10.9 Å². The van der Waals surface area contributed by atoms with E-state index in [4.69, 9.17) is 0 Å². The fourth-order valence-corrected chi connectivity index (χ4v) is 1.54. The Kier molecular flexibility index (Phi) is 8.30. The van der Waals surface area contributed by atoms with Crippen molar-refractivity contribution < 1.29 is 23.9 Å². The van der Waals surface area contributed by atoms with E-state index in [9.17, 15) is 19.2 Å². The molecule has 0 saturated heterocycles. The number of ether oxygens (including phenoxy) is 1. The van der Waals surface area contributed by atoms with E-state index in [-0.39, 0.29) is 25.4 Å². The van der Waals surface area contributed by atoms with Crippen LogP contribution in [0.4, 0.5) is 5.69 Å². The van der Waals surface area contributed by atoms with E-state index >= 15 is 0 Å². The van der Waals surface area contributed by atoms with Crippen LogP contribution in [0.15, 0.2) is 42.5 Å². The van der Waals surface area contributed by atoms with Crippen molar-refractivity contribution >= 4 is 29.4 Å². The van der Waals surface area contributed by atoms with Gasteiger partial charge < -0.3 is 10.1 Å². The molecule has 0 aliphatic carbocycles. The third-order valence-electron chi connectivity index (χ3n) is 2.62. The lowest BCUT2D eigenvalue weighted by atomic mass is 10.2. The molecule has 0 spiro atoms. The molecule has 8 heteroatoms. The molecule has 128 valence electrons. The van der Waals surface area contributed by atoms with E-state index in [0.717, 1.165) is 12.2 Å². The minimum Gasteiger partial charge on any atom is -0.463 e. The number of para-hydroxylation sites is 1. The number of carbonyl (C=O) groups is 4. The summed E-state index contributed by atoms with van der Waals surface area (Å²) in [7, 11) is 0. The number of carbonyl (C=O) groups excluding carboxylic acids is 4. The average Bonchev–Trinajstić information content (AvgIpc) is 2.57. The van der Waals surface area contributed by atoms with E-state index in [1.54, 1.807) is 31.2 Å². The van der Waals surface area contributed by atoms with Crippen LogP contribution < -0.4 is 16.2 Å². The first-order valence-corrected chi connectivity index (χ1v) is 7.29. The Morgan fingerprint density at radius 1 is 0.958 bits per heavy atom. The maximum Gasteiger partial charge on any atom is 0.330 e. The van der Waals surface area contributed by atoms with Gasteiger partial charge >= 0.3 is 5.97 Å². The minimum atomic E-state index is -0.690. The van der Waals surface area contributed by atoms with Gasteiger partial charge in [-0.2, -0.15) is 0 Å². The van der Waals surface area contributed by atoms with Crippen LogP contribution in [0.2, 0.25) is 0 Å². The Morgan fingerprint density at radius 3 is 2.29 bits per heavy atom. The lowest BCUT2D eigenvalue weighted by Gasteiger charge is -2.06. The summed E-state index contributed by atoms with van der Waals surface area (Å²) in [4.78, 5) is 45.5. The van der Waals surface area contributed by atoms with Crippen LogP contribution in [0.5, 0.6) is 0 Å². The van der Waals surface area contributed by atoms with E-state index in [0.29, 0.717) is 5.69 Å². The fraction of sp³-hybridized carbons (Fsp3) is 0.250. The van der Waals surface area contributed by atoms with Gasteiger partial charge in [0.05, 0.1) is 6.61 Å². The van der Waals surface area contributed by atoms with Crippen LogP contribution in [0.1, 0.15) is 19.8 Å². The van der Waals surface area contributed by atoms with Gasteiger partial charge in [-0.25, -0.2) is 4.79 Å². The zero-order chi connectivity index (χ0) is 17.8. The highest BCUT2D eigenvalue weighted by Crippen LogP contribution is 2.05. The van der Waals surface area contributed by atoms with Crippen molar-refractivity contribution in [2.75, 3.05) is 11.9 Å². The molecule has 24 heavy (non-hydrogen) atoms. The lowest BCUT2D eigenvalue weighted by molar-refractivity contribution is -0.137. The van der Waals surface area contributed by atoms with Gasteiger partial charge in [-0.3, -0.25) is 25.2 Å². The third-order valence-corrected chi connectivity index (χ3v) is 2.62. The van der Waals surface area contributed by atoms with Gasteiger partial charge in [-0.05, 0) is 19.1 Å². The summed E-state index contributed by atoms with van der Waals surface area (Å²) in [5, 5.41) is 2.64. The highest BCUT2D eigenvalue weighted by molar-refractivity contribution is 5.96. The number of nitrogens with one attached hydrogen (secondary N) is 3. The molecule has 3 amide bonds. The molecule has 0 radical (unpaired) electrons. The predicted octanol–water partition coefficient (Wildman–Crippen LogP) is 0.672. The van der Waals surface area contributed by atoms with Gasteiger partial charge in [0.2, 0.25) is 11.8 Å². The molecular weight excluding hydrogens is 314 g/mol. The summed E-state index contributed by atoms with van der Waals surface area (Å²) < 4.78 is 4.59. The van der Waals surface area contributed by atoms with E-state index < -0.39 is 17.8 Å². The van der Waals surface area contributed by atoms with Gasteiger partial charge in [0.15, 0.2) is 0 Å². The quantitative estimate of drug-likeness (QED) is 0.386. The smallest absolute Gasteiger partial charge is 0.330 e. The zero-order valence-corrected chi connectivity index (χ0v) is 13.2. The number of hydrogen-bond donors (Lipinski definition) is 3. The molecule has 1 rings (SSSR count). The molecule has 0 atom stereocenters. The number of rotatable bonds is 7. The lowest BCUT2D eigenvalue weighted by Crippen LogP contribution is -2.41. The molecule has 0 aromatic heterocycles. The second-order valence-corrected chi connectivity index (χ2v) is 4.54. The fourth-order valence-electron chi connectivity index (χ4n) is 1.54. The van der Waals surface area contributed by atoms with Crippen molar-refractivity contribution in [1.29, 1.82) is 0 Å². The second kappa shape index (κ2) is 10.5. The van der Waals surface area contributed by atoms with Gasteiger partial charge in [0.1, 0.15) is 0 Å². The Bertz CT molecular complexity index is 613. The van der Waals surface area contributed by atoms with Crippen molar-refractivity contribution in [3.63, 3.8) is 0 Å². The number of anilines is 1. The number of benzene rings is 1. The van der Waals surface area contributed by atoms with Crippen molar-refractivity contribution in [3.8, 4) is 0 Å². The maximum atomic E-state index is 11.7. The number of amides is 3. The van der Waals surface area contributed by atoms with Gasteiger partial charge in [0, 0.05) is 30.7 Å². The number of hydrazine groups is 1. The summed E-state index contributed by atoms with van der Waals surface area (Å²) in [6.45, 7) is 1.84. The van der Waals surface area contributed by atoms with Crippen molar-refractivity contribution in [2.24, 2.45) is 0 Å². The molecule has 0 aliphatic rings. The first kappa shape index (κ1) is 18.9. The van der Waals surface area contributed by atoms with Crippen molar-refractivity contribution in [2.45, 2.75) is 19.8 Å². The molecule has 0 bridgehead atoms. The number of esters is 1. The summed E-state index contributed by atoms with van der Waals surface area (Å²) in [6, 6.07) is 8.84. The molecule has 0 aliphatic heterocycles. The minimum absolute atomic E-state index is 0.0325. The highest BCUT2D eigenvalue weighted by Gasteiger charge is 2.08. The molecule has 1 aromatic carbocycles. The van der Waals surface area contributed by atoms with E-state index in [1.807, 2.05) is 6.07 Å². The van der Waals surface area contributed by atoms with Crippen LogP contribution in [0.25, 0.3) is 0 Å². The van der Waals surface area contributed by atoms with Gasteiger partial charge in [0.25, 0.3) is 5.91 Å². The Hall–Kier alpha value is -3.16. The summed E-state index contributed by atoms with van der Waals surface area (Å²) >= 11 is 0. The summed E-state index contributed by atoms with van der Waals surface area (Å²) in [6.07, 6.45) is 1.74. The third kappa shape index (κ3) is 8.32. The monoisotopic (exact) mass is 333 g/mol. The Morgan fingerprint density at radius 2 is 1.62 bits per heavy atom. The van der Waals surface area contributed by atoms with Gasteiger partial charge in [-0.15, -0.1) is 0 Å². The van der Waals surface area contributed by atoms with Crippen LogP contribution in [0, 0.1) is 0 Å². The SMILES string of the molecule is CCOC(=O)/C=C\C(=O)NNC(=O)CCC(=O)Nc1ccccc1. The normalized spacial score (nSPS) is 10.0. The zero-order valence-electron chi connectivity index (χ0n) is 13.2. The molecule has 0 unspecified atom stereocenters. The predicted molar refractivity (Wildman–Crippen MR) is 86.4 cm³/mol. The average molecular weight is 333 g/mol. The first-order chi connectivity index (χ1) is 11.5. The van der Waals surface area contributed by atoms with Crippen LogP contribution in [-0.2, 0) is 23.9 Å². The van der Waals surface area contributed by atoms with Crippen LogP contribution in [-0.4, -0.2) is 30.3 Å². The van der Waals surface area contributed by atoms with E-state index in [1.165, 1.54) is 0 Å². The molecule has 8 nitrogen and oxygen atoms in total. The largest absolute Gasteiger partial charge is 0.463 e. The van der Waals surface area contributed by atoms with E-state index in [2.05, 4.69) is 20.9 Å². The highest BCUT2D eigenvalue weighted by atomic mass is 16.5. The molecule has 0 heterocycles. The summed E-state index contributed by atoms with van der Waals surface area (Å²) in [5.74, 6) is -2.19.